The van der Waals surface area contributed by atoms with E-state index < -0.39 is 22.6 Å². The maximum atomic E-state index is 12.1. The molecule has 0 saturated carbocycles. The zero-order valence-corrected chi connectivity index (χ0v) is 13.7. The molecule has 1 aromatic carbocycles. The van der Waals surface area contributed by atoms with Gasteiger partial charge in [0.05, 0.1) is 9.47 Å². The highest BCUT2D eigenvalue weighted by molar-refractivity contribution is 9.11. The fraction of sp³-hybridized carbons (Fsp3) is 0.0833. The zero-order valence-electron chi connectivity index (χ0n) is 10.4. The van der Waals surface area contributed by atoms with Gasteiger partial charge in [0.15, 0.2) is 6.61 Å². The molecule has 0 aliphatic heterocycles. The molecule has 1 heterocycles. The number of aliphatic carboxylic acids is 1. The van der Waals surface area contributed by atoms with Gasteiger partial charge in [-0.2, -0.15) is 0 Å². The van der Waals surface area contributed by atoms with E-state index >= 15 is 0 Å². The summed E-state index contributed by atoms with van der Waals surface area (Å²) in [6.45, 7) is -0.492. The third kappa shape index (κ3) is 4.45. The second-order valence-corrected chi connectivity index (χ2v) is 8.25. The van der Waals surface area contributed by atoms with Gasteiger partial charge >= 0.3 is 5.97 Å². The largest absolute Gasteiger partial charge is 0.482 e. The first-order chi connectivity index (χ1) is 9.87. The molecule has 0 spiro atoms. The summed E-state index contributed by atoms with van der Waals surface area (Å²) in [7, 11) is -3.67. The van der Waals surface area contributed by atoms with Crippen molar-refractivity contribution in [3.8, 4) is 5.75 Å². The summed E-state index contributed by atoms with van der Waals surface area (Å²) in [5.41, 5.74) is 0.294. The number of hydrogen-bond donors (Lipinski definition) is 2. The van der Waals surface area contributed by atoms with Crippen molar-refractivity contribution in [1.29, 1.82) is 0 Å². The zero-order chi connectivity index (χ0) is 15.5. The number of hydrogen-bond acceptors (Lipinski definition) is 5. The van der Waals surface area contributed by atoms with Gasteiger partial charge in [-0.15, -0.1) is 11.3 Å². The Labute approximate surface area is 133 Å². The van der Waals surface area contributed by atoms with E-state index in [0.29, 0.717) is 9.47 Å². The van der Waals surface area contributed by atoms with Crippen LogP contribution in [-0.2, 0) is 14.8 Å². The number of ether oxygens (including phenoxy) is 1. The standard InChI is InChI=1S/C12H10BrNO5S2/c13-10-4-5-12(20-10)21(17,18)14-8-2-1-3-9(6-8)19-7-11(15)16/h1-6,14H,7H2,(H,15,16). The fourth-order valence-electron chi connectivity index (χ4n) is 1.44. The Balaban J connectivity index is 2.16. The second kappa shape index (κ2) is 6.46. The van der Waals surface area contributed by atoms with Crippen molar-refractivity contribution in [2.75, 3.05) is 11.3 Å². The third-order valence-corrected chi connectivity index (χ3v) is 5.76. The summed E-state index contributed by atoms with van der Waals surface area (Å²) in [5.74, 6) is -0.839. The molecule has 6 nitrogen and oxygen atoms in total. The average Bonchev–Trinajstić information content (AvgIpc) is 2.84. The fourth-order valence-corrected chi connectivity index (χ4v) is 4.50. The molecule has 2 N–H and O–H groups in total. The molecule has 0 unspecified atom stereocenters. The lowest BCUT2D eigenvalue weighted by Gasteiger charge is -2.08. The molecule has 9 heteroatoms. The summed E-state index contributed by atoms with van der Waals surface area (Å²) in [6, 6.07) is 9.21. The molecule has 0 bridgehead atoms. The molecule has 0 radical (unpaired) electrons. The number of sulfonamides is 1. The predicted octanol–water partition coefficient (Wildman–Crippen LogP) is 2.77. The number of carbonyl (C=O) groups is 1. The van der Waals surface area contributed by atoms with E-state index in [1.165, 1.54) is 12.1 Å². The van der Waals surface area contributed by atoms with Gasteiger partial charge in [-0.05, 0) is 40.2 Å². The summed E-state index contributed by atoms with van der Waals surface area (Å²) < 4.78 is 32.6. The van der Waals surface area contributed by atoms with E-state index in [9.17, 15) is 13.2 Å². The highest BCUT2D eigenvalue weighted by atomic mass is 79.9. The lowest BCUT2D eigenvalue weighted by atomic mass is 10.3. The van der Waals surface area contributed by atoms with Crippen LogP contribution in [-0.4, -0.2) is 26.1 Å². The van der Waals surface area contributed by atoms with Crippen LogP contribution in [0.1, 0.15) is 0 Å². The smallest absolute Gasteiger partial charge is 0.341 e. The number of thiophene rings is 1. The molecule has 2 rings (SSSR count). The number of carboxylic acid groups (broad SMARTS) is 1. The maximum Gasteiger partial charge on any atom is 0.341 e. The van der Waals surface area contributed by atoms with E-state index in [2.05, 4.69) is 20.7 Å². The van der Waals surface area contributed by atoms with Gasteiger partial charge in [0.25, 0.3) is 10.0 Å². The van der Waals surface area contributed by atoms with Crippen LogP contribution in [0.3, 0.4) is 0 Å². The molecular formula is C12H10BrNO5S2. The van der Waals surface area contributed by atoms with E-state index in [4.69, 9.17) is 9.84 Å². The number of nitrogens with one attached hydrogen (secondary N) is 1. The van der Waals surface area contributed by atoms with Gasteiger partial charge in [-0.3, -0.25) is 4.72 Å². The molecule has 112 valence electrons. The van der Waals surface area contributed by atoms with Crippen molar-refractivity contribution in [1.82, 2.24) is 0 Å². The van der Waals surface area contributed by atoms with Crippen LogP contribution < -0.4 is 9.46 Å². The van der Waals surface area contributed by atoms with Crippen LogP contribution in [0.2, 0.25) is 0 Å². The lowest BCUT2D eigenvalue weighted by Crippen LogP contribution is -2.12. The van der Waals surface area contributed by atoms with Crippen molar-refractivity contribution in [2.45, 2.75) is 4.21 Å². The quantitative estimate of drug-likeness (QED) is 0.789. The molecule has 0 atom stereocenters. The van der Waals surface area contributed by atoms with Gasteiger partial charge in [-0.25, -0.2) is 13.2 Å². The molecule has 0 aliphatic carbocycles. The van der Waals surface area contributed by atoms with Crippen molar-refractivity contribution < 1.29 is 23.1 Å². The monoisotopic (exact) mass is 391 g/mol. The first-order valence-corrected chi connectivity index (χ1v) is 8.69. The summed E-state index contributed by atoms with van der Waals surface area (Å²) in [4.78, 5) is 10.4. The highest BCUT2D eigenvalue weighted by Crippen LogP contribution is 2.28. The molecule has 0 amide bonds. The molecule has 0 fully saturated rings. The van der Waals surface area contributed by atoms with E-state index in [-0.39, 0.29) is 9.96 Å². The van der Waals surface area contributed by atoms with Crippen LogP contribution >= 0.6 is 27.3 Å². The predicted molar refractivity (Wildman–Crippen MR) is 82.4 cm³/mol. The summed E-state index contributed by atoms with van der Waals surface area (Å²) in [6.07, 6.45) is 0. The van der Waals surface area contributed by atoms with Crippen LogP contribution in [0.5, 0.6) is 5.75 Å². The second-order valence-electron chi connectivity index (χ2n) is 3.87. The number of carboxylic acids is 1. The first kappa shape index (κ1) is 15.8. The minimum atomic E-state index is -3.67. The van der Waals surface area contributed by atoms with E-state index in [1.54, 1.807) is 24.3 Å². The highest BCUT2D eigenvalue weighted by Gasteiger charge is 2.16. The number of halogens is 1. The molecule has 1 aromatic heterocycles. The Morgan fingerprint density at radius 1 is 1.33 bits per heavy atom. The third-order valence-electron chi connectivity index (χ3n) is 2.26. The minimum Gasteiger partial charge on any atom is -0.482 e. The number of rotatable bonds is 6. The first-order valence-electron chi connectivity index (χ1n) is 5.59. The van der Waals surface area contributed by atoms with Gasteiger partial charge in [0, 0.05) is 6.07 Å². The Kier molecular flexibility index (Phi) is 4.86. The van der Waals surface area contributed by atoms with E-state index in [0.717, 1.165) is 11.3 Å². The normalized spacial score (nSPS) is 11.1. The Morgan fingerprint density at radius 3 is 2.71 bits per heavy atom. The number of benzene rings is 1. The van der Waals surface area contributed by atoms with Crippen LogP contribution in [0, 0.1) is 0 Å². The maximum absolute atomic E-state index is 12.1. The molecule has 0 saturated heterocycles. The van der Waals surface area contributed by atoms with Crippen molar-refractivity contribution in [3.63, 3.8) is 0 Å². The summed E-state index contributed by atoms with van der Waals surface area (Å²) in [5, 5.41) is 8.54. The minimum absolute atomic E-state index is 0.172. The number of anilines is 1. The van der Waals surface area contributed by atoms with Gasteiger partial charge in [-0.1, -0.05) is 6.07 Å². The van der Waals surface area contributed by atoms with Crippen LogP contribution in [0.4, 0.5) is 5.69 Å². The average molecular weight is 392 g/mol. The Morgan fingerprint density at radius 2 is 2.10 bits per heavy atom. The topological polar surface area (TPSA) is 92.7 Å². The van der Waals surface area contributed by atoms with Gasteiger partial charge in [0.1, 0.15) is 9.96 Å². The Hall–Kier alpha value is -1.58. The van der Waals surface area contributed by atoms with Crippen LogP contribution in [0.25, 0.3) is 0 Å². The molecule has 21 heavy (non-hydrogen) atoms. The van der Waals surface area contributed by atoms with E-state index in [1.807, 2.05) is 0 Å². The molecular weight excluding hydrogens is 382 g/mol. The van der Waals surface area contributed by atoms with Crippen molar-refractivity contribution in [3.05, 3.63) is 40.2 Å². The molecule has 0 aliphatic rings. The van der Waals surface area contributed by atoms with Crippen molar-refractivity contribution >= 4 is 48.9 Å². The Bertz CT molecular complexity index is 757. The summed E-state index contributed by atoms with van der Waals surface area (Å²) >= 11 is 4.30. The lowest BCUT2D eigenvalue weighted by molar-refractivity contribution is -0.139. The molecule has 2 aromatic rings. The SMILES string of the molecule is O=C(O)COc1cccc(NS(=O)(=O)c2ccc(Br)s2)c1. The van der Waals surface area contributed by atoms with Gasteiger partial charge in [0.2, 0.25) is 0 Å². The van der Waals surface area contributed by atoms with Crippen LogP contribution in [0.15, 0.2) is 44.4 Å². The van der Waals surface area contributed by atoms with Crippen molar-refractivity contribution in [2.24, 2.45) is 0 Å². The van der Waals surface area contributed by atoms with Gasteiger partial charge < -0.3 is 9.84 Å².